The Labute approximate surface area is 153 Å². The van der Waals surface area contributed by atoms with Crippen molar-refractivity contribution in [3.8, 4) is 0 Å². The largest absolute Gasteiger partial charge is 0.463 e. The van der Waals surface area contributed by atoms with Crippen molar-refractivity contribution >= 4 is 5.97 Å². The summed E-state index contributed by atoms with van der Waals surface area (Å²) in [5.74, 6) is -0.337. The van der Waals surface area contributed by atoms with Gasteiger partial charge in [-0.3, -0.25) is 4.79 Å². The van der Waals surface area contributed by atoms with Gasteiger partial charge in [0.2, 0.25) is 0 Å². The van der Waals surface area contributed by atoms with Crippen LogP contribution in [0.3, 0.4) is 0 Å². The van der Waals surface area contributed by atoms with Crippen LogP contribution in [0.5, 0.6) is 0 Å². The molecule has 0 heterocycles. The minimum Gasteiger partial charge on any atom is -0.463 e. The van der Waals surface area contributed by atoms with Crippen LogP contribution in [0.25, 0.3) is 0 Å². The number of aliphatic hydroxyl groups excluding tert-OH is 1. The maximum atomic E-state index is 12.6. The zero-order valence-corrected chi connectivity index (χ0v) is 14.5. The monoisotopic (exact) mass is 346 g/mol. The molecule has 3 aromatic rings. The molecular formula is C23H22O3. The van der Waals surface area contributed by atoms with Crippen LogP contribution in [0.1, 0.15) is 23.1 Å². The van der Waals surface area contributed by atoms with E-state index in [2.05, 4.69) is 0 Å². The second-order valence-corrected chi connectivity index (χ2v) is 6.12. The Balaban J connectivity index is 2.19. The van der Waals surface area contributed by atoms with Crippen molar-refractivity contribution < 1.29 is 14.6 Å². The third-order valence-corrected chi connectivity index (χ3v) is 4.56. The van der Waals surface area contributed by atoms with Gasteiger partial charge in [-0.2, -0.15) is 0 Å². The molecule has 0 spiro atoms. The topological polar surface area (TPSA) is 46.5 Å². The molecule has 1 N–H and O–H groups in total. The molecule has 3 aromatic carbocycles. The second kappa shape index (κ2) is 8.45. The quantitative estimate of drug-likeness (QED) is 0.520. The Morgan fingerprint density at radius 2 is 1.12 bits per heavy atom. The third kappa shape index (κ3) is 3.68. The lowest BCUT2D eigenvalue weighted by Crippen LogP contribution is -2.33. The maximum Gasteiger partial charge on any atom is 0.307 e. The van der Waals surface area contributed by atoms with Gasteiger partial charge in [-0.1, -0.05) is 91.0 Å². The summed E-state index contributed by atoms with van der Waals surface area (Å²) in [6, 6.07) is 30.0. The number of hydrogen-bond donors (Lipinski definition) is 1. The van der Waals surface area contributed by atoms with Crippen LogP contribution in [-0.2, 0) is 14.9 Å². The first kappa shape index (κ1) is 17.9. The Hall–Kier alpha value is -2.91. The Bertz CT molecular complexity index is 717. The lowest BCUT2D eigenvalue weighted by atomic mass is 9.67. The molecule has 0 fully saturated rings. The molecule has 0 radical (unpaired) electrons. The van der Waals surface area contributed by atoms with Crippen molar-refractivity contribution in [1.29, 1.82) is 0 Å². The van der Waals surface area contributed by atoms with Crippen LogP contribution in [0.2, 0.25) is 0 Å². The zero-order valence-electron chi connectivity index (χ0n) is 14.5. The van der Waals surface area contributed by atoms with Crippen LogP contribution in [-0.4, -0.2) is 24.3 Å². The van der Waals surface area contributed by atoms with Gasteiger partial charge in [-0.15, -0.1) is 0 Å². The molecule has 3 heteroatoms. The number of carbonyl (C=O) groups is 1. The average molecular weight is 346 g/mol. The molecule has 0 aliphatic rings. The summed E-state index contributed by atoms with van der Waals surface area (Å²) in [6.07, 6.45) is 0.158. The molecule has 3 nitrogen and oxygen atoms in total. The van der Waals surface area contributed by atoms with E-state index in [-0.39, 0.29) is 25.6 Å². The molecule has 132 valence electrons. The first-order valence-corrected chi connectivity index (χ1v) is 8.70. The summed E-state index contributed by atoms with van der Waals surface area (Å²) in [4.78, 5) is 12.6. The van der Waals surface area contributed by atoms with Crippen LogP contribution in [0.4, 0.5) is 0 Å². The Morgan fingerprint density at radius 3 is 1.46 bits per heavy atom. The average Bonchev–Trinajstić information content (AvgIpc) is 2.72. The molecule has 0 aromatic heterocycles. The highest BCUT2D eigenvalue weighted by Gasteiger charge is 2.38. The molecule has 0 aliphatic carbocycles. The summed E-state index contributed by atoms with van der Waals surface area (Å²) in [6.45, 7) is -0.173. The molecule has 3 rings (SSSR count). The zero-order chi connectivity index (χ0) is 18.2. The lowest BCUT2D eigenvalue weighted by Gasteiger charge is -2.35. The van der Waals surface area contributed by atoms with Gasteiger partial charge in [0.05, 0.1) is 18.4 Å². The van der Waals surface area contributed by atoms with E-state index in [0.29, 0.717) is 0 Å². The normalized spacial score (nSPS) is 11.1. The molecule has 0 amide bonds. The maximum absolute atomic E-state index is 12.6. The van der Waals surface area contributed by atoms with Crippen LogP contribution >= 0.6 is 0 Å². The molecule has 26 heavy (non-hydrogen) atoms. The highest BCUT2D eigenvalue weighted by Crippen LogP contribution is 2.42. The molecule has 0 bridgehead atoms. The second-order valence-electron chi connectivity index (χ2n) is 6.12. The number of esters is 1. The van der Waals surface area contributed by atoms with E-state index >= 15 is 0 Å². The summed E-state index contributed by atoms with van der Waals surface area (Å²) in [5.41, 5.74) is 2.42. The summed E-state index contributed by atoms with van der Waals surface area (Å²) >= 11 is 0. The van der Waals surface area contributed by atoms with Gasteiger partial charge in [0.25, 0.3) is 0 Å². The van der Waals surface area contributed by atoms with Gasteiger partial charge in [0.15, 0.2) is 0 Å². The van der Waals surface area contributed by atoms with E-state index in [1.807, 2.05) is 91.0 Å². The molecule has 0 aliphatic heterocycles. The van der Waals surface area contributed by atoms with Gasteiger partial charge >= 0.3 is 5.97 Å². The lowest BCUT2D eigenvalue weighted by molar-refractivity contribution is -0.145. The Kier molecular flexibility index (Phi) is 5.82. The van der Waals surface area contributed by atoms with Crippen molar-refractivity contribution in [3.05, 3.63) is 108 Å². The number of benzene rings is 3. The van der Waals surface area contributed by atoms with E-state index in [1.54, 1.807) is 0 Å². The molecule has 0 saturated heterocycles. The van der Waals surface area contributed by atoms with Gasteiger partial charge in [-0.05, 0) is 16.7 Å². The van der Waals surface area contributed by atoms with E-state index in [0.717, 1.165) is 16.7 Å². The fourth-order valence-corrected chi connectivity index (χ4v) is 3.40. The van der Waals surface area contributed by atoms with Gasteiger partial charge < -0.3 is 9.84 Å². The number of ether oxygens (including phenoxy) is 1. The van der Waals surface area contributed by atoms with Gasteiger partial charge in [0, 0.05) is 0 Å². The number of aliphatic hydroxyl groups is 1. The standard InChI is InChI=1S/C23H22O3/c24-16-17-26-22(25)18-23(19-10-4-1-5-11-19,20-12-6-2-7-13-20)21-14-8-3-9-15-21/h1-15,24H,16-18H2. The number of carbonyl (C=O) groups excluding carboxylic acids is 1. The van der Waals surface area contributed by atoms with Gasteiger partial charge in [0.1, 0.15) is 6.61 Å². The minimum absolute atomic E-state index is 0.00722. The highest BCUT2D eigenvalue weighted by atomic mass is 16.5. The van der Waals surface area contributed by atoms with Crippen molar-refractivity contribution in [3.63, 3.8) is 0 Å². The summed E-state index contributed by atoms with van der Waals surface area (Å²) in [7, 11) is 0. The Morgan fingerprint density at radius 1 is 0.731 bits per heavy atom. The van der Waals surface area contributed by atoms with Crippen molar-refractivity contribution in [2.45, 2.75) is 11.8 Å². The highest BCUT2D eigenvalue weighted by molar-refractivity contribution is 5.74. The first-order valence-electron chi connectivity index (χ1n) is 8.70. The minimum atomic E-state index is -0.656. The van der Waals surface area contributed by atoms with Crippen molar-refractivity contribution in [1.82, 2.24) is 0 Å². The third-order valence-electron chi connectivity index (χ3n) is 4.56. The smallest absolute Gasteiger partial charge is 0.307 e. The van der Waals surface area contributed by atoms with Crippen LogP contribution < -0.4 is 0 Å². The molecule has 0 saturated carbocycles. The summed E-state index contributed by atoms with van der Waals surface area (Å²) < 4.78 is 5.22. The predicted molar refractivity (Wildman–Crippen MR) is 102 cm³/mol. The fraction of sp³-hybridized carbons (Fsp3) is 0.174. The fourth-order valence-electron chi connectivity index (χ4n) is 3.40. The van der Waals surface area contributed by atoms with Crippen LogP contribution in [0.15, 0.2) is 91.0 Å². The van der Waals surface area contributed by atoms with E-state index < -0.39 is 5.41 Å². The van der Waals surface area contributed by atoms with E-state index in [4.69, 9.17) is 9.84 Å². The van der Waals surface area contributed by atoms with Crippen LogP contribution in [0, 0.1) is 0 Å². The van der Waals surface area contributed by atoms with E-state index in [9.17, 15) is 4.79 Å². The number of rotatable bonds is 7. The predicted octanol–water partition coefficient (Wildman–Crippen LogP) is 3.95. The van der Waals surface area contributed by atoms with Crippen molar-refractivity contribution in [2.75, 3.05) is 13.2 Å². The molecule has 0 unspecified atom stereocenters. The first-order chi connectivity index (χ1) is 12.8. The summed E-state index contributed by atoms with van der Waals surface area (Å²) in [5, 5.41) is 8.99. The molecular weight excluding hydrogens is 324 g/mol. The molecule has 0 atom stereocenters. The number of hydrogen-bond acceptors (Lipinski definition) is 3. The van der Waals surface area contributed by atoms with E-state index in [1.165, 1.54) is 0 Å². The van der Waals surface area contributed by atoms with Crippen molar-refractivity contribution in [2.24, 2.45) is 0 Å². The van der Waals surface area contributed by atoms with Gasteiger partial charge in [-0.25, -0.2) is 0 Å². The SMILES string of the molecule is O=C(CC(c1ccccc1)(c1ccccc1)c1ccccc1)OCCO.